The molecule has 2 heterocycles. The topological polar surface area (TPSA) is 90.1 Å². The third-order valence-electron chi connectivity index (χ3n) is 5.36. The molecule has 1 saturated carbocycles. The maximum atomic E-state index is 13.0. The minimum Gasteiger partial charge on any atom is -0.489 e. The van der Waals surface area contributed by atoms with Crippen LogP contribution in [0.15, 0.2) is 47.1 Å². The number of aryl methyl sites for hydroxylation is 1. The molecule has 3 aromatic rings. The smallest absolute Gasteiger partial charge is 0.227 e. The van der Waals surface area contributed by atoms with Crippen molar-refractivity contribution in [3.63, 3.8) is 0 Å². The number of rotatable bonds is 8. The Labute approximate surface area is 180 Å². The SMILES string of the molecule is O=C(CCc1nc(-c2ccc(F)cc2)no1)Nc1ncccc1OCC1CCCCC1. The summed E-state index contributed by atoms with van der Waals surface area (Å²) in [5.74, 6) is 1.70. The van der Waals surface area contributed by atoms with Crippen molar-refractivity contribution < 1.29 is 18.4 Å². The van der Waals surface area contributed by atoms with Gasteiger partial charge in [-0.25, -0.2) is 9.37 Å². The zero-order chi connectivity index (χ0) is 21.5. The highest BCUT2D eigenvalue weighted by molar-refractivity contribution is 5.91. The second-order valence-corrected chi connectivity index (χ2v) is 7.73. The molecule has 1 amide bonds. The van der Waals surface area contributed by atoms with Gasteiger partial charge in [-0.1, -0.05) is 24.4 Å². The normalized spacial score (nSPS) is 14.4. The minimum atomic E-state index is -0.333. The predicted octanol–water partition coefficient (Wildman–Crippen LogP) is 4.80. The molecule has 4 rings (SSSR count). The van der Waals surface area contributed by atoms with Gasteiger partial charge in [-0.15, -0.1) is 0 Å². The van der Waals surface area contributed by atoms with Gasteiger partial charge in [-0.05, 0) is 55.2 Å². The third kappa shape index (κ3) is 5.87. The van der Waals surface area contributed by atoms with Gasteiger partial charge >= 0.3 is 0 Å². The van der Waals surface area contributed by atoms with Crippen molar-refractivity contribution in [2.24, 2.45) is 5.92 Å². The second kappa shape index (κ2) is 10.1. The van der Waals surface area contributed by atoms with Gasteiger partial charge in [-0.2, -0.15) is 4.98 Å². The van der Waals surface area contributed by atoms with E-state index >= 15 is 0 Å². The monoisotopic (exact) mass is 424 g/mol. The average molecular weight is 424 g/mol. The summed E-state index contributed by atoms with van der Waals surface area (Å²) in [7, 11) is 0. The number of carbonyl (C=O) groups is 1. The minimum absolute atomic E-state index is 0.156. The van der Waals surface area contributed by atoms with E-state index in [1.165, 1.54) is 44.2 Å². The Bertz CT molecular complexity index is 1000. The van der Waals surface area contributed by atoms with Crippen LogP contribution in [-0.2, 0) is 11.2 Å². The van der Waals surface area contributed by atoms with E-state index in [1.807, 2.05) is 6.07 Å². The molecule has 2 aromatic heterocycles. The van der Waals surface area contributed by atoms with E-state index in [0.717, 1.165) is 0 Å². The number of halogens is 1. The second-order valence-electron chi connectivity index (χ2n) is 7.73. The summed E-state index contributed by atoms with van der Waals surface area (Å²) >= 11 is 0. The Balaban J connectivity index is 1.29. The van der Waals surface area contributed by atoms with E-state index in [2.05, 4.69) is 20.4 Å². The molecule has 162 valence electrons. The molecule has 0 unspecified atom stereocenters. The number of benzene rings is 1. The van der Waals surface area contributed by atoms with Gasteiger partial charge in [0, 0.05) is 24.6 Å². The van der Waals surface area contributed by atoms with Crippen LogP contribution in [-0.4, -0.2) is 27.6 Å². The van der Waals surface area contributed by atoms with Crippen molar-refractivity contribution in [2.45, 2.75) is 44.9 Å². The van der Waals surface area contributed by atoms with E-state index in [0.29, 0.717) is 41.4 Å². The highest BCUT2D eigenvalue weighted by Gasteiger charge is 2.16. The summed E-state index contributed by atoms with van der Waals surface area (Å²) in [5.41, 5.74) is 0.647. The molecule has 1 fully saturated rings. The molecule has 1 aliphatic rings. The Morgan fingerprint density at radius 3 is 2.77 bits per heavy atom. The maximum Gasteiger partial charge on any atom is 0.227 e. The number of amides is 1. The van der Waals surface area contributed by atoms with Crippen LogP contribution < -0.4 is 10.1 Å². The number of anilines is 1. The highest BCUT2D eigenvalue weighted by Crippen LogP contribution is 2.27. The molecule has 0 saturated heterocycles. The molecule has 1 aromatic carbocycles. The first-order chi connectivity index (χ1) is 15.2. The lowest BCUT2D eigenvalue weighted by Gasteiger charge is -2.22. The standard InChI is InChI=1S/C23H25FN4O3/c24-18-10-8-17(9-11-18)22-27-21(31-28-22)13-12-20(29)26-23-19(7-4-14-25-23)30-15-16-5-2-1-3-6-16/h4,7-11,14,16H,1-3,5-6,12-13,15H2,(H,25,26,29). The number of hydrogen-bond donors (Lipinski definition) is 1. The van der Waals surface area contributed by atoms with Crippen molar-refractivity contribution in [3.8, 4) is 17.1 Å². The van der Waals surface area contributed by atoms with Crippen molar-refractivity contribution >= 4 is 11.7 Å². The van der Waals surface area contributed by atoms with Crippen molar-refractivity contribution in [1.29, 1.82) is 0 Å². The van der Waals surface area contributed by atoms with E-state index in [4.69, 9.17) is 9.26 Å². The zero-order valence-electron chi connectivity index (χ0n) is 17.2. The summed E-state index contributed by atoms with van der Waals surface area (Å²) < 4.78 is 24.2. The first kappa shape index (κ1) is 21.0. The van der Waals surface area contributed by atoms with Crippen LogP contribution in [0.3, 0.4) is 0 Å². The molecule has 0 bridgehead atoms. The quantitative estimate of drug-likeness (QED) is 0.559. The van der Waals surface area contributed by atoms with Gasteiger partial charge in [0.15, 0.2) is 11.6 Å². The lowest BCUT2D eigenvalue weighted by Crippen LogP contribution is -2.18. The third-order valence-corrected chi connectivity index (χ3v) is 5.36. The Morgan fingerprint density at radius 2 is 1.97 bits per heavy atom. The number of pyridine rings is 1. The fourth-order valence-electron chi connectivity index (χ4n) is 3.65. The first-order valence-electron chi connectivity index (χ1n) is 10.6. The molecule has 0 spiro atoms. The summed E-state index contributed by atoms with van der Waals surface area (Å²) in [6, 6.07) is 9.43. The van der Waals surface area contributed by atoms with Gasteiger partial charge in [-0.3, -0.25) is 4.79 Å². The molecule has 0 atom stereocenters. The van der Waals surface area contributed by atoms with Gasteiger partial charge < -0.3 is 14.6 Å². The van der Waals surface area contributed by atoms with Crippen LogP contribution in [0.2, 0.25) is 0 Å². The van der Waals surface area contributed by atoms with Gasteiger partial charge in [0.1, 0.15) is 5.82 Å². The molecule has 0 radical (unpaired) electrons. The maximum absolute atomic E-state index is 13.0. The molecular weight excluding hydrogens is 399 g/mol. The van der Waals surface area contributed by atoms with Crippen LogP contribution in [0.5, 0.6) is 5.75 Å². The molecular formula is C23H25FN4O3. The van der Waals surface area contributed by atoms with E-state index in [1.54, 1.807) is 24.4 Å². The van der Waals surface area contributed by atoms with Crippen molar-refractivity contribution in [1.82, 2.24) is 15.1 Å². The molecule has 31 heavy (non-hydrogen) atoms. The van der Waals surface area contributed by atoms with Crippen LogP contribution in [0.1, 0.15) is 44.4 Å². The lowest BCUT2D eigenvalue weighted by molar-refractivity contribution is -0.116. The summed E-state index contributed by atoms with van der Waals surface area (Å²) in [6.45, 7) is 0.642. The molecule has 0 aliphatic heterocycles. The molecule has 1 N–H and O–H groups in total. The number of aromatic nitrogens is 3. The van der Waals surface area contributed by atoms with E-state index in [-0.39, 0.29) is 24.6 Å². The number of hydrogen-bond acceptors (Lipinski definition) is 6. The van der Waals surface area contributed by atoms with Crippen molar-refractivity contribution in [3.05, 3.63) is 54.3 Å². The zero-order valence-corrected chi connectivity index (χ0v) is 17.2. The Kier molecular flexibility index (Phi) is 6.86. The van der Waals surface area contributed by atoms with Gasteiger partial charge in [0.05, 0.1) is 6.61 Å². The van der Waals surface area contributed by atoms with Gasteiger partial charge in [0.2, 0.25) is 17.6 Å². The molecule has 8 heteroatoms. The Hall–Kier alpha value is -3.29. The van der Waals surface area contributed by atoms with Crippen molar-refractivity contribution in [2.75, 3.05) is 11.9 Å². The molecule has 1 aliphatic carbocycles. The lowest BCUT2D eigenvalue weighted by atomic mass is 9.90. The average Bonchev–Trinajstić information content (AvgIpc) is 3.27. The fourth-order valence-corrected chi connectivity index (χ4v) is 3.65. The predicted molar refractivity (Wildman–Crippen MR) is 113 cm³/mol. The van der Waals surface area contributed by atoms with E-state index in [9.17, 15) is 9.18 Å². The largest absolute Gasteiger partial charge is 0.489 e. The summed E-state index contributed by atoms with van der Waals surface area (Å²) in [6.07, 6.45) is 8.24. The highest BCUT2D eigenvalue weighted by atomic mass is 19.1. The number of nitrogens with one attached hydrogen (secondary N) is 1. The van der Waals surface area contributed by atoms with Gasteiger partial charge in [0.25, 0.3) is 0 Å². The first-order valence-corrected chi connectivity index (χ1v) is 10.6. The van der Waals surface area contributed by atoms with Crippen LogP contribution in [0.4, 0.5) is 10.2 Å². The number of ether oxygens (including phenoxy) is 1. The number of carbonyl (C=O) groups excluding carboxylic acids is 1. The van der Waals surface area contributed by atoms with Crippen LogP contribution in [0, 0.1) is 11.7 Å². The van der Waals surface area contributed by atoms with Crippen LogP contribution >= 0.6 is 0 Å². The fraction of sp³-hybridized carbons (Fsp3) is 0.391. The summed E-state index contributed by atoms with van der Waals surface area (Å²) in [5, 5.41) is 6.69. The molecule has 7 nitrogen and oxygen atoms in total. The van der Waals surface area contributed by atoms with E-state index < -0.39 is 0 Å². The van der Waals surface area contributed by atoms with Crippen LogP contribution in [0.25, 0.3) is 11.4 Å². The summed E-state index contributed by atoms with van der Waals surface area (Å²) in [4.78, 5) is 20.9. The number of nitrogens with zero attached hydrogens (tertiary/aromatic N) is 3. The Morgan fingerprint density at radius 1 is 1.16 bits per heavy atom.